The molecule has 3 rings (SSSR count). The summed E-state index contributed by atoms with van der Waals surface area (Å²) in [6, 6.07) is 10.5. The number of carbonyl (C=O) groups is 1. The highest BCUT2D eigenvalue weighted by Crippen LogP contribution is 2.44. The van der Waals surface area contributed by atoms with Crippen LogP contribution in [-0.2, 0) is 9.53 Å². The quantitative estimate of drug-likeness (QED) is 0.738. The molecule has 88 valence electrons. The zero-order valence-corrected chi connectivity index (χ0v) is 9.98. The minimum atomic E-state index is 0.188. The molecule has 0 radical (unpaired) electrons. The number of ether oxygens (including phenoxy) is 1. The highest BCUT2D eigenvalue weighted by Gasteiger charge is 2.38. The average molecular weight is 228 g/mol. The predicted molar refractivity (Wildman–Crippen MR) is 65.6 cm³/mol. The number of hydrogen-bond acceptors (Lipinski definition) is 2. The zero-order valence-electron chi connectivity index (χ0n) is 9.98. The summed E-state index contributed by atoms with van der Waals surface area (Å²) < 4.78 is 5.57. The molecule has 0 N–H and O–H groups in total. The molecule has 2 aliphatic rings. The van der Waals surface area contributed by atoms with Gasteiger partial charge in [-0.2, -0.15) is 0 Å². The number of rotatable bonds is 1. The Hall–Kier alpha value is -1.57. The molecule has 0 bridgehead atoms. The van der Waals surface area contributed by atoms with Gasteiger partial charge < -0.3 is 4.74 Å². The van der Waals surface area contributed by atoms with Gasteiger partial charge in [-0.15, -0.1) is 0 Å². The third-order valence-electron chi connectivity index (χ3n) is 3.77. The minimum absolute atomic E-state index is 0.188. The predicted octanol–water partition coefficient (Wildman–Crippen LogP) is 3.05. The monoisotopic (exact) mass is 228 g/mol. The molecule has 2 nitrogen and oxygen atoms in total. The van der Waals surface area contributed by atoms with Crippen molar-refractivity contribution in [2.75, 3.05) is 6.61 Å². The summed E-state index contributed by atoms with van der Waals surface area (Å²) >= 11 is 0. The van der Waals surface area contributed by atoms with Crippen molar-refractivity contribution in [3.8, 4) is 0 Å². The molecule has 1 heterocycles. The Morgan fingerprint density at radius 2 is 2.00 bits per heavy atom. The fraction of sp³-hybridized carbons (Fsp3) is 0.400. The summed E-state index contributed by atoms with van der Waals surface area (Å²) in [4.78, 5) is 11.8. The van der Waals surface area contributed by atoms with Crippen molar-refractivity contribution >= 4 is 5.78 Å². The molecule has 2 heteroatoms. The van der Waals surface area contributed by atoms with Gasteiger partial charge in [-0.3, -0.25) is 4.79 Å². The first-order valence-corrected chi connectivity index (χ1v) is 6.22. The third kappa shape index (κ3) is 1.68. The Morgan fingerprint density at radius 1 is 1.24 bits per heavy atom. The third-order valence-corrected chi connectivity index (χ3v) is 3.77. The average Bonchev–Trinajstić information content (AvgIpc) is 2.66. The summed E-state index contributed by atoms with van der Waals surface area (Å²) in [6.45, 7) is 2.79. The maximum absolute atomic E-state index is 11.8. The van der Waals surface area contributed by atoms with E-state index in [1.54, 1.807) is 0 Å². The first kappa shape index (κ1) is 10.6. The van der Waals surface area contributed by atoms with Gasteiger partial charge in [0.25, 0.3) is 0 Å². The van der Waals surface area contributed by atoms with E-state index in [1.165, 1.54) is 11.1 Å². The van der Waals surface area contributed by atoms with Crippen molar-refractivity contribution in [1.82, 2.24) is 0 Å². The summed E-state index contributed by atoms with van der Waals surface area (Å²) in [5.74, 6) is 1.56. The standard InChI is InChI=1S/C15H16O2/c1-10-9-13(16)15-14(10)12(7-8-17-15)11-5-3-2-4-6-11/h2-6,10,12H,7-9H2,1H3/t10-,12-/m0/s1. The van der Waals surface area contributed by atoms with Crippen LogP contribution in [0.25, 0.3) is 0 Å². The molecule has 0 saturated heterocycles. The minimum Gasteiger partial charge on any atom is -0.490 e. The van der Waals surface area contributed by atoms with Crippen molar-refractivity contribution in [1.29, 1.82) is 0 Å². The van der Waals surface area contributed by atoms with Crippen molar-refractivity contribution < 1.29 is 9.53 Å². The lowest BCUT2D eigenvalue weighted by molar-refractivity contribution is -0.118. The molecular formula is C15H16O2. The van der Waals surface area contributed by atoms with E-state index in [4.69, 9.17) is 4.74 Å². The number of Topliss-reactive ketones (excluding diaryl/α,β-unsaturated/α-hetero) is 1. The Bertz CT molecular complexity index is 473. The van der Waals surface area contributed by atoms with Crippen LogP contribution in [0.5, 0.6) is 0 Å². The summed E-state index contributed by atoms with van der Waals surface area (Å²) in [6.07, 6.45) is 1.61. The van der Waals surface area contributed by atoms with Gasteiger partial charge in [-0.25, -0.2) is 0 Å². The largest absolute Gasteiger partial charge is 0.490 e. The van der Waals surface area contributed by atoms with E-state index in [1.807, 2.05) is 6.07 Å². The van der Waals surface area contributed by atoms with Crippen molar-refractivity contribution in [3.63, 3.8) is 0 Å². The van der Waals surface area contributed by atoms with E-state index in [2.05, 4.69) is 31.2 Å². The van der Waals surface area contributed by atoms with Crippen LogP contribution in [0.1, 0.15) is 31.2 Å². The zero-order chi connectivity index (χ0) is 11.8. The van der Waals surface area contributed by atoms with E-state index in [0.717, 1.165) is 6.42 Å². The molecular weight excluding hydrogens is 212 g/mol. The highest BCUT2D eigenvalue weighted by molar-refractivity contribution is 5.97. The molecule has 1 aromatic carbocycles. The second kappa shape index (κ2) is 4.02. The van der Waals surface area contributed by atoms with E-state index in [-0.39, 0.29) is 5.78 Å². The summed E-state index contributed by atoms with van der Waals surface area (Å²) in [5.41, 5.74) is 2.54. The smallest absolute Gasteiger partial charge is 0.197 e. The highest BCUT2D eigenvalue weighted by atomic mass is 16.5. The molecule has 2 atom stereocenters. The van der Waals surface area contributed by atoms with Gasteiger partial charge >= 0.3 is 0 Å². The van der Waals surface area contributed by atoms with Crippen molar-refractivity contribution in [2.24, 2.45) is 5.92 Å². The van der Waals surface area contributed by atoms with Gasteiger partial charge in [-0.1, -0.05) is 37.3 Å². The van der Waals surface area contributed by atoms with Gasteiger partial charge in [-0.05, 0) is 23.5 Å². The lowest BCUT2D eigenvalue weighted by atomic mass is 9.83. The Kier molecular flexibility index (Phi) is 2.50. The van der Waals surface area contributed by atoms with Crippen LogP contribution in [0.4, 0.5) is 0 Å². The first-order valence-electron chi connectivity index (χ1n) is 6.22. The molecule has 0 spiro atoms. The maximum atomic E-state index is 11.8. The van der Waals surface area contributed by atoms with Gasteiger partial charge in [0, 0.05) is 12.3 Å². The molecule has 0 fully saturated rings. The van der Waals surface area contributed by atoms with Gasteiger partial charge in [0.15, 0.2) is 11.5 Å². The van der Waals surface area contributed by atoms with E-state index < -0.39 is 0 Å². The van der Waals surface area contributed by atoms with E-state index in [0.29, 0.717) is 30.6 Å². The SMILES string of the molecule is C[C@H]1CC(=O)C2=C1[C@H](c1ccccc1)CCO2. The molecule has 1 aliphatic heterocycles. The van der Waals surface area contributed by atoms with Crippen molar-refractivity contribution in [3.05, 3.63) is 47.2 Å². The molecule has 17 heavy (non-hydrogen) atoms. The molecule has 1 aliphatic carbocycles. The molecule has 0 amide bonds. The lowest BCUT2D eigenvalue weighted by Crippen LogP contribution is -2.17. The fourth-order valence-corrected chi connectivity index (χ4v) is 3.00. The Balaban J connectivity index is 2.04. The van der Waals surface area contributed by atoms with Crippen LogP contribution in [0, 0.1) is 5.92 Å². The van der Waals surface area contributed by atoms with Crippen LogP contribution in [0.2, 0.25) is 0 Å². The normalized spacial score (nSPS) is 27.9. The summed E-state index contributed by atoms with van der Waals surface area (Å²) in [7, 11) is 0. The molecule has 0 aromatic heterocycles. The van der Waals surface area contributed by atoms with Crippen LogP contribution in [-0.4, -0.2) is 12.4 Å². The number of hydrogen-bond donors (Lipinski definition) is 0. The van der Waals surface area contributed by atoms with Crippen LogP contribution in [0.15, 0.2) is 41.7 Å². The van der Waals surface area contributed by atoms with Gasteiger partial charge in [0.1, 0.15) is 0 Å². The molecule has 0 saturated carbocycles. The Labute approximate surface area is 101 Å². The second-order valence-electron chi connectivity index (χ2n) is 4.91. The molecule has 0 unspecified atom stereocenters. The maximum Gasteiger partial charge on any atom is 0.197 e. The molecule has 1 aromatic rings. The van der Waals surface area contributed by atoms with Crippen molar-refractivity contribution in [2.45, 2.75) is 25.7 Å². The number of ketones is 1. The number of carbonyl (C=O) groups excluding carboxylic acids is 1. The van der Waals surface area contributed by atoms with Crippen LogP contribution < -0.4 is 0 Å². The number of benzene rings is 1. The van der Waals surface area contributed by atoms with Gasteiger partial charge in [0.05, 0.1) is 6.61 Å². The first-order chi connectivity index (χ1) is 8.27. The topological polar surface area (TPSA) is 26.3 Å². The van der Waals surface area contributed by atoms with Gasteiger partial charge in [0.2, 0.25) is 0 Å². The second-order valence-corrected chi connectivity index (χ2v) is 4.91. The Morgan fingerprint density at radius 3 is 2.76 bits per heavy atom. The van der Waals surface area contributed by atoms with E-state index >= 15 is 0 Å². The summed E-state index contributed by atoms with van der Waals surface area (Å²) in [5, 5.41) is 0. The number of allylic oxidation sites excluding steroid dienone is 2. The fourth-order valence-electron chi connectivity index (χ4n) is 3.00. The lowest BCUT2D eigenvalue weighted by Gasteiger charge is -2.27. The van der Waals surface area contributed by atoms with E-state index in [9.17, 15) is 4.79 Å². The van der Waals surface area contributed by atoms with Crippen LogP contribution in [0.3, 0.4) is 0 Å². The van der Waals surface area contributed by atoms with Crippen LogP contribution >= 0.6 is 0 Å².